The van der Waals surface area contributed by atoms with E-state index in [0.717, 1.165) is 31.7 Å². The van der Waals surface area contributed by atoms with Gasteiger partial charge in [0.1, 0.15) is 17.3 Å². The highest BCUT2D eigenvalue weighted by Crippen LogP contribution is 2.34. The van der Waals surface area contributed by atoms with Crippen LogP contribution in [0.4, 0.5) is 4.39 Å². The van der Waals surface area contributed by atoms with Gasteiger partial charge in [0, 0.05) is 0 Å². The fraction of sp³-hybridized carbons (Fsp3) is 0.294. The van der Waals surface area contributed by atoms with E-state index in [2.05, 4.69) is 17.4 Å². The van der Waals surface area contributed by atoms with Crippen molar-refractivity contribution in [2.24, 2.45) is 0 Å². The fourth-order valence-electron chi connectivity index (χ4n) is 2.67. The minimum atomic E-state index is -0.246. The molecular weight excluding hydrogens is 253 g/mol. The molecule has 20 heavy (non-hydrogen) atoms. The van der Waals surface area contributed by atoms with E-state index < -0.39 is 0 Å². The molecule has 104 valence electrons. The van der Waals surface area contributed by atoms with E-state index in [4.69, 9.17) is 4.74 Å². The normalized spacial score (nSPS) is 16.1. The number of hydrogen-bond donors (Lipinski definition) is 1. The zero-order valence-electron chi connectivity index (χ0n) is 11.3. The molecule has 3 heteroatoms. The lowest BCUT2D eigenvalue weighted by molar-refractivity contribution is 0.429. The van der Waals surface area contributed by atoms with Crippen LogP contribution < -0.4 is 10.1 Å². The quantitative estimate of drug-likeness (QED) is 0.908. The lowest BCUT2D eigenvalue weighted by atomic mass is 9.89. The molecule has 2 nitrogen and oxygen atoms in total. The molecule has 0 bridgehead atoms. The van der Waals surface area contributed by atoms with Gasteiger partial charge in [0.15, 0.2) is 0 Å². The van der Waals surface area contributed by atoms with Crippen molar-refractivity contribution in [1.29, 1.82) is 0 Å². The van der Waals surface area contributed by atoms with Gasteiger partial charge in [-0.05, 0) is 67.7 Å². The van der Waals surface area contributed by atoms with Crippen LogP contribution in [-0.2, 0) is 0 Å². The van der Waals surface area contributed by atoms with E-state index in [1.165, 1.54) is 17.7 Å². The molecule has 1 aliphatic rings. The second-order valence-corrected chi connectivity index (χ2v) is 5.12. The van der Waals surface area contributed by atoms with Gasteiger partial charge < -0.3 is 10.1 Å². The number of para-hydroxylation sites is 1. The SMILES string of the molecule is Fc1ccc(Oc2ccccc2C2CCNCC2)cc1. The van der Waals surface area contributed by atoms with Crippen molar-refractivity contribution in [1.82, 2.24) is 5.32 Å². The maximum absolute atomic E-state index is 12.9. The van der Waals surface area contributed by atoms with Gasteiger partial charge in [0.05, 0.1) is 0 Å². The summed E-state index contributed by atoms with van der Waals surface area (Å²) in [6.07, 6.45) is 2.26. The number of halogens is 1. The van der Waals surface area contributed by atoms with Gasteiger partial charge in [-0.25, -0.2) is 4.39 Å². The molecule has 0 atom stereocenters. The lowest BCUT2D eigenvalue weighted by Crippen LogP contribution is -2.26. The Bertz CT molecular complexity index is 561. The largest absolute Gasteiger partial charge is 0.457 e. The highest BCUT2D eigenvalue weighted by molar-refractivity contribution is 5.40. The van der Waals surface area contributed by atoms with Crippen LogP contribution in [0.1, 0.15) is 24.3 Å². The summed E-state index contributed by atoms with van der Waals surface area (Å²) < 4.78 is 18.9. The van der Waals surface area contributed by atoms with Crippen LogP contribution in [0.25, 0.3) is 0 Å². The van der Waals surface area contributed by atoms with Crippen molar-refractivity contribution in [3.63, 3.8) is 0 Å². The van der Waals surface area contributed by atoms with E-state index in [1.807, 2.05) is 12.1 Å². The number of benzene rings is 2. The molecule has 0 radical (unpaired) electrons. The molecule has 0 aromatic heterocycles. The fourth-order valence-corrected chi connectivity index (χ4v) is 2.67. The molecule has 0 aliphatic carbocycles. The van der Waals surface area contributed by atoms with Crippen LogP contribution in [0.5, 0.6) is 11.5 Å². The summed E-state index contributed by atoms with van der Waals surface area (Å²) in [5.41, 5.74) is 1.25. The van der Waals surface area contributed by atoms with Gasteiger partial charge in [0.2, 0.25) is 0 Å². The molecule has 1 heterocycles. The Hall–Kier alpha value is -1.87. The predicted octanol–water partition coefficient (Wildman–Crippen LogP) is 4.09. The highest BCUT2D eigenvalue weighted by Gasteiger charge is 2.18. The van der Waals surface area contributed by atoms with Gasteiger partial charge in [-0.1, -0.05) is 18.2 Å². The molecule has 0 unspecified atom stereocenters. The van der Waals surface area contributed by atoms with Crippen molar-refractivity contribution >= 4 is 0 Å². The summed E-state index contributed by atoms with van der Waals surface area (Å²) in [5, 5.41) is 3.38. The molecule has 2 aromatic rings. The summed E-state index contributed by atoms with van der Waals surface area (Å²) in [6, 6.07) is 14.3. The highest BCUT2D eigenvalue weighted by atomic mass is 19.1. The van der Waals surface area contributed by atoms with Gasteiger partial charge >= 0.3 is 0 Å². The van der Waals surface area contributed by atoms with Crippen molar-refractivity contribution in [2.75, 3.05) is 13.1 Å². The first-order valence-corrected chi connectivity index (χ1v) is 7.06. The molecule has 1 fully saturated rings. The minimum absolute atomic E-state index is 0.246. The Morgan fingerprint density at radius 3 is 2.40 bits per heavy atom. The van der Waals surface area contributed by atoms with E-state index in [9.17, 15) is 4.39 Å². The molecule has 2 aromatic carbocycles. The van der Waals surface area contributed by atoms with Crippen LogP contribution in [0.3, 0.4) is 0 Å². The third kappa shape index (κ3) is 2.99. The van der Waals surface area contributed by atoms with Gasteiger partial charge in [-0.3, -0.25) is 0 Å². The molecule has 1 saturated heterocycles. The summed E-state index contributed by atoms with van der Waals surface area (Å²) in [6.45, 7) is 2.10. The Balaban J connectivity index is 1.83. The first kappa shape index (κ1) is 13.1. The third-order valence-electron chi connectivity index (χ3n) is 3.74. The van der Waals surface area contributed by atoms with E-state index in [1.54, 1.807) is 12.1 Å². The van der Waals surface area contributed by atoms with Crippen molar-refractivity contribution in [3.05, 3.63) is 59.9 Å². The van der Waals surface area contributed by atoms with E-state index in [0.29, 0.717) is 11.7 Å². The Kier molecular flexibility index (Phi) is 3.97. The Labute approximate surface area is 118 Å². The Morgan fingerprint density at radius 1 is 0.950 bits per heavy atom. The zero-order chi connectivity index (χ0) is 13.8. The van der Waals surface area contributed by atoms with Crippen molar-refractivity contribution in [2.45, 2.75) is 18.8 Å². The molecule has 1 N–H and O–H groups in total. The van der Waals surface area contributed by atoms with Crippen molar-refractivity contribution < 1.29 is 9.13 Å². The van der Waals surface area contributed by atoms with E-state index in [-0.39, 0.29) is 5.82 Å². The average Bonchev–Trinajstić information content (AvgIpc) is 2.51. The second-order valence-electron chi connectivity index (χ2n) is 5.12. The standard InChI is InChI=1S/C17H18FNO/c18-14-5-7-15(8-6-14)20-17-4-2-1-3-16(17)13-9-11-19-12-10-13/h1-8,13,19H,9-12H2. The molecule has 3 rings (SSSR count). The first-order valence-electron chi connectivity index (χ1n) is 7.06. The van der Waals surface area contributed by atoms with Gasteiger partial charge in [-0.2, -0.15) is 0 Å². The number of piperidine rings is 1. The first-order chi connectivity index (χ1) is 9.83. The molecular formula is C17H18FNO. The maximum atomic E-state index is 12.9. The van der Waals surface area contributed by atoms with Crippen LogP contribution in [0.15, 0.2) is 48.5 Å². The number of nitrogens with one attached hydrogen (secondary N) is 1. The van der Waals surface area contributed by atoms with Crippen LogP contribution in [0.2, 0.25) is 0 Å². The minimum Gasteiger partial charge on any atom is -0.457 e. The number of ether oxygens (including phenoxy) is 1. The van der Waals surface area contributed by atoms with Gasteiger partial charge in [-0.15, -0.1) is 0 Å². The second kappa shape index (κ2) is 6.06. The third-order valence-corrected chi connectivity index (χ3v) is 3.74. The van der Waals surface area contributed by atoms with Gasteiger partial charge in [0.25, 0.3) is 0 Å². The summed E-state index contributed by atoms with van der Waals surface area (Å²) >= 11 is 0. The summed E-state index contributed by atoms with van der Waals surface area (Å²) in [4.78, 5) is 0. The summed E-state index contributed by atoms with van der Waals surface area (Å²) in [5.74, 6) is 1.84. The predicted molar refractivity (Wildman–Crippen MR) is 77.8 cm³/mol. The topological polar surface area (TPSA) is 21.3 Å². The van der Waals surface area contributed by atoms with Crippen LogP contribution >= 0.6 is 0 Å². The summed E-state index contributed by atoms with van der Waals surface area (Å²) in [7, 11) is 0. The lowest BCUT2D eigenvalue weighted by Gasteiger charge is -2.24. The molecule has 0 saturated carbocycles. The molecule has 0 amide bonds. The average molecular weight is 271 g/mol. The van der Waals surface area contributed by atoms with Crippen LogP contribution in [0, 0.1) is 5.82 Å². The zero-order valence-corrected chi connectivity index (χ0v) is 11.3. The van der Waals surface area contributed by atoms with Crippen molar-refractivity contribution in [3.8, 4) is 11.5 Å². The number of rotatable bonds is 3. The smallest absolute Gasteiger partial charge is 0.130 e. The Morgan fingerprint density at radius 2 is 1.65 bits per heavy atom. The van der Waals surface area contributed by atoms with Crippen LogP contribution in [-0.4, -0.2) is 13.1 Å². The maximum Gasteiger partial charge on any atom is 0.130 e. The molecule has 0 spiro atoms. The van der Waals surface area contributed by atoms with E-state index >= 15 is 0 Å². The molecule has 1 aliphatic heterocycles. The number of hydrogen-bond acceptors (Lipinski definition) is 2. The monoisotopic (exact) mass is 271 g/mol.